The lowest BCUT2D eigenvalue weighted by Crippen LogP contribution is -2.48. The molecule has 0 unspecified atom stereocenters. The van der Waals surface area contributed by atoms with E-state index in [0.717, 1.165) is 10.9 Å². The third kappa shape index (κ3) is 3.38. The smallest absolute Gasteiger partial charge is 0.253 e. The van der Waals surface area contributed by atoms with E-state index >= 15 is 0 Å². The van der Waals surface area contributed by atoms with Crippen LogP contribution < -0.4 is 11.1 Å². The molecule has 6 nitrogen and oxygen atoms in total. The van der Waals surface area contributed by atoms with Crippen LogP contribution in [0.3, 0.4) is 0 Å². The van der Waals surface area contributed by atoms with E-state index in [4.69, 9.17) is 11.0 Å². The third-order valence-corrected chi connectivity index (χ3v) is 3.43. The molecular weight excluding hydrogens is 280 g/mol. The van der Waals surface area contributed by atoms with Crippen LogP contribution in [-0.2, 0) is 4.79 Å². The molecule has 0 radical (unpaired) electrons. The zero-order chi connectivity index (χ0) is 16.1. The highest BCUT2D eigenvalue weighted by Crippen LogP contribution is 2.14. The number of benzene rings is 1. The molecule has 1 aromatic carbocycles. The van der Waals surface area contributed by atoms with Gasteiger partial charge in [-0.2, -0.15) is 5.26 Å². The molecule has 0 bridgehead atoms. The number of nitrogens with two attached hydrogens (primary N) is 1. The Morgan fingerprint density at radius 2 is 2.14 bits per heavy atom. The maximum atomic E-state index is 12.3. The Labute approximate surface area is 127 Å². The number of hydrogen-bond donors (Lipinski definition) is 2. The molecule has 1 aromatic heterocycles. The highest BCUT2D eigenvalue weighted by molar-refractivity contribution is 5.99. The Kier molecular flexibility index (Phi) is 4.69. The summed E-state index contributed by atoms with van der Waals surface area (Å²) in [6.07, 6.45) is 1.58. The molecule has 0 saturated carbocycles. The van der Waals surface area contributed by atoms with Crippen molar-refractivity contribution in [2.24, 2.45) is 11.7 Å². The summed E-state index contributed by atoms with van der Waals surface area (Å²) in [4.78, 5) is 28.0. The minimum absolute atomic E-state index is 0.129. The van der Waals surface area contributed by atoms with Gasteiger partial charge >= 0.3 is 0 Å². The molecule has 0 aliphatic heterocycles. The molecule has 0 spiro atoms. The van der Waals surface area contributed by atoms with Gasteiger partial charge in [0, 0.05) is 18.0 Å². The van der Waals surface area contributed by atoms with Crippen molar-refractivity contribution in [1.82, 2.24) is 10.3 Å². The summed E-state index contributed by atoms with van der Waals surface area (Å²) in [6, 6.07) is 10.2. The number of pyridine rings is 1. The number of nitriles is 1. The van der Waals surface area contributed by atoms with E-state index in [1.54, 1.807) is 13.0 Å². The van der Waals surface area contributed by atoms with E-state index in [9.17, 15) is 9.59 Å². The van der Waals surface area contributed by atoms with Crippen LogP contribution in [0, 0.1) is 17.2 Å². The standard InChI is InChI=1S/C16H16N4O2/c1-10(6-7-17)14(15(18)21)20-16(22)12-8-11-4-2-3-5-13(11)19-9-12/h2-5,8-10,14H,6H2,1H3,(H2,18,21)(H,20,22)/t10-,14-/m1/s1. The van der Waals surface area contributed by atoms with Gasteiger partial charge < -0.3 is 11.1 Å². The molecule has 3 N–H and O–H groups in total. The number of carbonyl (C=O) groups is 2. The molecule has 6 heteroatoms. The van der Waals surface area contributed by atoms with E-state index in [2.05, 4.69) is 10.3 Å². The molecule has 0 saturated heterocycles. The zero-order valence-electron chi connectivity index (χ0n) is 12.1. The topological polar surface area (TPSA) is 109 Å². The van der Waals surface area contributed by atoms with Crippen LogP contribution in [0.4, 0.5) is 0 Å². The van der Waals surface area contributed by atoms with Crippen molar-refractivity contribution in [2.45, 2.75) is 19.4 Å². The van der Waals surface area contributed by atoms with Gasteiger partial charge in [-0.05, 0) is 18.1 Å². The van der Waals surface area contributed by atoms with Crippen LogP contribution in [0.1, 0.15) is 23.7 Å². The first-order chi connectivity index (χ1) is 10.5. The van der Waals surface area contributed by atoms with E-state index in [-0.39, 0.29) is 12.3 Å². The van der Waals surface area contributed by atoms with Crippen molar-refractivity contribution in [2.75, 3.05) is 0 Å². The number of rotatable bonds is 5. The molecule has 0 fully saturated rings. The van der Waals surface area contributed by atoms with Crippen molar-refractivity contribution >= 4 is 22.7 Å². The lowest BCUT2D eigenvalue weighted by atomic mass is 9.98. The Bertz CT molecular complexity index is 751. The largest absolute Gasteiger partial charge is 0.368 e. The molecule has 2 atom stereocenters. The molecule has 2 rings (SSSR count). The van der Waals surface area contributed by atoms with E-state index in [1.165, 1.54) is 6.20 Å². The molecule has 0 aliphatic carbocycles. The number of amides is 2. The number of fused-ring (bicyclic) bond motifs is 1. The number of nitrogens with zero attached hydrogens (tertiary/aromatic N) is 2. The number of hydrogen-bond acceptors (Lipinski definition) is 4. The Morgan fingerprint density at radius 3 is 2.82 bits per heavy atom. The number of nitrogens with one attached hydrogen (secondary N) is 1. The summed E-state index contributed by atoms with van der Waals surface area (Å²) in [6.45, 7) is 1.69. The number of carbonyl (C=O) groups excluding carboxylic acids is 2. The van der Waals surface area contributed by atoms with E-state index < -0.39 is 17.9 Å². The Morgan fingerprint density at radius 1 is 1.41 bits per heavy atom. The van der Waals surface area contributed by atoms with Gasteiger partial charge in [0.1, 0.15) is 6.04 Å². The average Bonchev–Trinajstić information content (AvgIpc) is 2.51. The first-order valence-electron chi connectivity index (χ1n) is 6.85. The third-order valence-electron chi connectivity index (χ3n) is 3.43. The van der Waals surface area contributed by atoms with Gasteiger partial charge in [-0.1, -0.05) is 25.1 Å². The van der Waals surface area contributed by atoms with Crippen molar-refractivity contribution in [3.63, 3.8) is 0 Å². The highest BCUT2D eigenvalue weighted by Gasteiger charge is 2.25. The van der Waals surface area contributed by atoms with Crippen LogP contribution in [0.15, 0.2) is 36.5 Å². The van der Waals surface area contributed by atoms with Crippen molar-refractivity contribution in [1.29, 1.82) is 5.26 Å². The van der Waals surface area contributed by atoms with Crippen molar-refractivity contribution < 1.29 is 9.59 Å². The summed E-state index contributed by atoms with van der Waals surface area (Å²) >= 11 is 0. The lowest BCUT2D eigenvalue weighted by Gasteiger charge is -2.20. The molecule has 2 aromatic rings. The summed E-state index contributed by atoms with van der Waals surface area (Å²) in [5, 5.41) is 12.1. The maximum absolute atomic E-state index is 12.3. The minimum Gasteiger partial charge on any atom is -0.368 e. The van der Waals surface area contributed by atoms with Gasteiger partial charge in [-0.3, -0.25) is 14.6 Å². The predicted octanol–water partition coefficient (Wildman–Crippen LogP) is 1.37. The molecule has 0 aliphatic rings. The second-order valence-corrected chi connectivity index (χ2v) is 5.11. The fraction of sp³-hybridized carbons (Fsp3) is 0.250. The van der Waals surface area contributed by atoms with E-state index in [0.29, 0.717) is 5.56 Å². The van der Waals surface area contributed by atoms with Crippen molar-refractivity contribution in [3.05, 3.63) is 42.1 Å². The maximum Gasteiger partial charge on any atom is 0.253 e. The normalized spacial score (nSPS) is 13.1. The minimum atomic E-state index is -0.890. The zero-order valence-corrected chi connectivity index (χ0v) is 12.1. The first-order valence-corrected chi connectivity index (χ1v) is 6.85. The predicted molar refractivity (Wildman–Crippen MR) is 81.6 cm³/mol. The fourth-order valence-corrected chi connectivity index (χ4v) is 2.18. The van der Waals surface area contributed by atoms with Crippen LogP contribution >= 0.6 is 0 Å². The second kappa shape index (κ2) is 6.68. The summed E-state index contributed by atoms with van der Waals surface area (Å²) in [5.41, 5.74) is 6.43. The summed E-state index contributed by atoms with van der Waals surface area (Å²) in [7, 11) is 0. The molecular formula is C16H16N4O2. The fourth-order valence-electron chi connectivity index (χ4n) is 2.18. The number of para-hydroxylation sites is 1. The quantitative estimate of drug-likeness (QED) is 0.868. The lowest BCUT2D eigenvalue weighted by molar-refractivity contribution is -0.120. The van der Waals surface area contributed by atoms with Crippen LogP contribution in [0.25, 0.3) is 10.9 Å². The SMILES string of the molecule is C[C@H](CC#N)[C@@H](NC(=O)c1cnc2ccccc2c1)C(N)=O. The van der Waals surface area contributed by atoms with Crippen LogP contribution in [0.5, 0.6) is 0 Å². The first kappa shape index (κ1) is 15.4. The monoisotopic (exact) mass is 296 g/mol. The van der Waals surface area contributed by atoms with Gasteiger partial charge in [-0.15, -0.1) is 0 Å². The van der Waals surface area contributed by atoms with Gasteiger partial charge in [0.15, 0.2) is 0 Å². The molecule has 112 valence electrons. The second-order valence-electron chi connectivity index (χ2n) is 5.11. The van der Waals surface area contributed by atoms with Gasteiger partial charge in [0.2, 0.25) is 5.91 Å². The Balaban J connectivity index is 2.21. The van der Waals surface area contributed by atoms with Crippen LogP contribution in [0.2, 0.25) is 0 Å². The highest BCUT2D eigenvalue weighted by atomic mass is 16.2. The number of primary amides is 1. The van der Waals surface area contributed by atoms with Gasteiger partial charge in [-0.25, -0.2) is 0 Å². The van der Waals surface area contributed by atoms with Gasteiger partial charge in [0.05, 0.1) is 17.1 Å². The van der Waals surface area contributed by atoms with Crippen LogP contribution in [-0.4, -0.2) is 22.8 Å². The number of aromatic nitrogens is 1. The Hall–Kier alpha value is -2.94. The molecule has 1 heterocycles. The van der Waals surface area contributed by atoms with Gasteiger partial charge in [0.25, 0.3) is 5.91 Å². The molecule has 22 heavy (non-hydrogen) atoms. The van der Waals surface area contributed by atoms with E-state index in [1.807, 2.05) is 30.3 Å². The van der Waals surface area contributed by atoms with Crippen molar-refractivity contribution in [3.8, 4) is 6.07 Å². The molecule has 2 amide bonds. The summed E-state index contributed by atoms with van der Waals surface area (Å²) < 4.78 is 0. The summed E-state index contributed by atoms with van der Waals surface area (Å²) in [5.74, 6) is -1.46. The average molecular weight is 296 g/mol.